The smallest absolute Gasteiger partial charge is 0.174 e. The summed E-state index contributed by atoms with van der Waals surface area (Å²) in [5.74, 6) is 1.78. The molecule has 7 heteroatoms. The van der Waals surface area contributed by atoms with Gasteiger partial charge in [-0.15, -0.1) is 0 Å². The Morgan fingerprint density at radius 2 is 1.63 bits per heavy atom. The van der Waals surface area contributed by atoms with Crippen LogP contribution < -0.4 is 15.0 Å². The predicted molar refractivity (Wildman–Crippen MR) is 141 cm³/mol. The van der Waals surface area contributed by atoms with Crippen LogP contribution in [0.3, 0.4) is 0 Å². The number of nitrogens with zero attached hydrogens (tertiary/aromatic N) is 4. The van der Waals surface area contributed by atoms with Crippen LogP contribution in [0.2, 0.25) is 0 Å². The van der Waals surface area contributed by atoms with Crippen molar-refractivity contribution in [1.82, 2.24) is 19.9 Å². The van der Waals surface area contributed by atoms with E-state index in [1.54, 1.807) is 0 Å². The lowest BCUT2D eigenvalue weighted by molar-refractivity contribution is 0.210. The third-order valence-electron chi connectivity index (χ3n) is 6.80. The van der Waals surface area contributed by atoms with Crippen LogP contribution in [0, 0.1) is 0 Å². The highest BCUT2D eigenvalue weighted by Gasteiger charge is 2.42. The van der Waals surface area contributed by atoms with E-state index in [-0.39, 0.29) is 12.1 Å². The van der Waals surface area contributed by atoms with E-state index >= 15 is 0 Å². The summed E-state index contributed by atoms with van der Waals surface area (Å²) in [4.78, 5) is 11.4. The molecule has 1 aliphatic carbocycles. The molecular weight excluding hydrogens is 454 g/mol. The zero-order chi connectivity index (χ0) is 23.6. The fourth-order valence-electron chi connectivity index (χ4n) is 5.16. The number of nitrogens with one attached hydrogen (secondary N) is 1. The summed E-state index contributed by atoms with van der Waals surface area (Å²) in [6, 6.07) is 24.2. The minimum Gasteiger partial charge on any atom is -0.490 e. The summed E-state index contributed by atoms with van der Waals surface area (Å²) in [5, 5.41) is 4.21. The van der Waals surface area contributed by atoms with Crippen molar-refractivity contribution in [1.29, 1.82) is 0 Å². The molecule has 2 fully saturated rings. The maximum absolute atomic E-state index is 6.20. The van der Waals surface area contributed by atoms with E-state index in [9.17, 15) is 0 Å². The highest BCUT2D eigenvalue weighted by atomic mass is 32.1. The molecule has 2 aliphatic rings. The number of hydrogen-bond acceptors (Lipinski definition) is 4. The summed E-state index contributed by atoms with van der Waals surface area (Å²) in [7, 11) is 0. The van der Waals surface area contributed by atoms with Crippen molar-refractivity contribution < 1.29 is 4.74 Å². The molecule has 1 saturated heterocycles. The SMILES string of the molecule is S=C1N[C@@H](c2ccccn2)[C@@H](c2cccn2-c2ccccn2)N1c1ccc(OC2CCCC2)cc1. The number of pyridine rings is 2. The Morgan fingerprint density at radius 1 is 0.857 bits per heavy atom. The predicted octanol–water partition coefficient (Wildman–Crippen LogP) is 5.77. The summed E-state index contributed by atoms with van der Waals surface area (Å²) in [6.07, 6.45) is 10.8. The van der Waals surface area contributed by atoms with Gasteiger partial charge in [0.25, 0.3) is 0 Å². The third kappa shape index (κ3) is 4.28. The maximum atomic E-state index is 6.20. The lowest BCUT2D eigenvalue weighted by atomic mass is 10.0. The molecule has 1 aromatic carbocycles. The van der Waals surface area contributed by atoms with Gasteiger partial charge in [0.1, 0.15) is 17.6 Å². The quantitative estimate of drug-likeness (QED) is 0.353. The van der Waals surface area contributed by atoms with Crippen LogP contribution in [0.25, 0.3) is 5.82 Å². The van der Waals surface area contributed by atoms with Crippen LogP contribution in [-0.2, 0) is 0 Å². The molecule has 6 rings (SSSR count). The van der Waals surface area contributed by atoms with E-state index in [0.29, 0.717) is 11.2 Å². The second kappa shape index (κ2) is 9.50. The van der Waals surface area contributed by atoms with Gasteiger partial charge >= 0.3 is 0 Å². The Kier molecular flexibility index (Phi) is 5.92. The van der Waals surface area contributed by atoms with E-state index in [1.807, 2.05) is 55.0 Å². The minimum atomic E-state index is -0.115. The lowest BCUT2D eigenvalue weighted by Crippen LogP contribution is -2.30. The van der Waals surface area contributed by atoms with Gasteiger partial charge in [0.2, 0.25) is 0 Å². The molecule has 0 bridgehead atoms. The molecule has 176 valence electrons. The average Bonchev–Trinajstić information content (AvgIpc) is 3.66. The van der Waals surface area contributed by atoms with Gasteiger partial charge in [-0.3, -0.25) is 4.98 Å². The molecule has 0 radical (unpaired) electrons. The number of hydrogen-bond donors (Lipinski definition) is 1. The average molecular weight is 482 g/mol. The molecular formula is C28H27N5OS. The van der Waals surface area contributed by atoms with Gasteiger partial charge in [0.15, 0.2) is 5.11 Å². The molecule has 0 spiro atoms. The van der Waals surface area contributed by atoms with Gasteiger partial charge < -0.3 is 19.5 Å². The Hall–Kier alpha value is -3.71. The van der Waals surface area contributed by atoms with Crippen LogP contribution in [-0.4, -0.2) is 25.8 Å². The van der Waals surface area contributed by atoms with Crippen molar-refractivity contribution in [3.05, 3.63) is 103 Å². The molecule has 4 heterocycles. The molecule has 3 aromatic heterocycles. The number of thiocarbonyl (C=S) groups is 1. The van der Waals surface area contributed by atoms with E-state index < -0.39 is 0 Å². The van der Waals surface area contributed by atoms with E-state index in [4.69, 9.17) is 17.0 Å². The van der Waals surface area contributed by atoms with Crippen molar-refractivity contribution in [2.45, 2.75) is 43.9 Å². The zero-order valence-electron chi connectivity index (χ0n) is 19.3. The van der Waals surface area contributed by atoms with Gasteiger partial charge in [-0.05, 0) is 98.6 Å². The van der Waals surface area contributed by atoms with Gasteiger partial charge in [-0.2, -0.15) is 0 Å². The monoisotopic (exact) mass is 481 g/mol. The number of ether oxygens (including phenoxy) is 1. The zero-order valence-corrected chi connectivity index (χ0v) is 20.1. The Bertz CT molecular complexity index is 1290. The van der Waals surface area contributed by atoms with Crippen LogP contribution in [0.1, 0.15) is 49.2 Å². The van der Waals surface area contributed by atoms with Gasteiger partial charge in [-0.25, -0.2) is 4.98 Å². The molecule has 6 nitrogen and oxygen atoms in total. The first-order valence-corrected chi connectivity index (χ1v) is 12.5. The second-order valence-corrected chi connectivity index (χ2v) is 9.39. The van der Waals surface area contributed by atoms with Crippen molar-refractivity contribution >= 4 is 23.0 Å². The fourth-order valence-corrected chi connectivity index (χ4v) is 5.50. The molecule has 1 N–H and O–H groups in total. The molecule has 1 saturated carbocycles. The number of aromatic nitrogens is 3. The largest absolute Gasteiger partial charge is 0.490 e. The normalized spacial score (nSPS) is 20.2. The molecule has 1 aliphatic heterocycles. The Labute approximate surface area is 210 Å². The van der Waals surface area contributed by atoms with Crippen LogP contribution >= 0.6 is 12.2 Å². The van der Waals surface area contributed by atoms with E-state index in [1.165, 1.54) is 12.8 Å². The molecule has 2 atom stereocenters. The molecule has 0 unspecified atom stereocenters. The summed E-state index contributed by atoms with van der Waals surface area (Å²) in [5.41, 5.74) is 3.04. The standard InChI is InChI=1S/C28H27N5OS/c35-28-31-26(23-10-3-5-17-29-23)27(24-11-7-19-32(24)25-12-4-6-18-30-25)33(28)20-13-15-22(16-14-20)34-21-8-1-2-9-21/h3-7,10-19,21,26-27H,1-2,8-9H2,(H,31,35)/t26-,27+/m0/s1. The molecule has 0 amide bonds. The number of rotatable bonds is 6. The van der Waals surface area contributed by atoms with Crippen LogP contribution in [0.4, 0.5) is 5.69 Å². The molecule has 4 aromatic rings. The Morgan fingerprint density at radius 3 is 2.34 bits per heavy atom. The van der Waals surface area contributed by atoms with Gasteiger partial charge in [0.05, 0.1) is 17.8 Å². The highest BCUT2D eigenvalue weighted by molar-refractivity contribution is 7.80. The number of benzene rings is 1. The fraction of sp³-hybridized carbons (Fsp3) is 0.250. The first-order valence-electron chi connectivity index (χ1n) is 12.1. The second-order valence-electron chi connectivity index (χ2n) is 9.01. The topological polar surface area (TPSA) is 55.2 Å². The van der Waals surface area contributed by atoms with Crippen LogP contribution in [0.5, 0.6) is 5.75 Å². The maximum Gasteiger partial charge on any atom is 0.174 e. The lowest BCUT2D eigenvalue weighted by Gasteiger charge is -2.29. The third-order valence-corrected chi connectivity index (χ3v) is 7.11. The summed E-state index contributed by atoms with van der Waals surface area (Å²) in [6.45, 7) is 0. The van der Waals surface area contributed by atoms with Crippen molar-refractivity contribution in [3.63, 3.8) is 0 Å². The highest BCUT2D eigenvalue weighted by Crippen LogP contribution is 2.42. The van der Waals surface area contributed by atoms with Gasteiger partial charge in [-0.1, -0.05) is 12.1 Å². The van der Waals surface area contributed by atoms with Crippen molar-refractivity contribution in [2.75, 3.05) is 4.90 Å². The minimum absolute atomic E-state index is 0.115. The summed E-state index contributed by atoms with van der Waals surface area (Å²) < 4.78 is 8.32. The van der Waals surface area contributed by atoms with Crippen molar-refractivity contribution in [2.24, 2.45) is 0 Å². The Balaban J connectivity index is 1.39. The van der Waals surface area contributed by atoms with Gasteiger partial charge in [0, 0.05) is 30.0 Å². The first kappa shape index (κ1) is 21.8. The van der Waals surface area contributed by atoms with Crippen LogP contribution in [0.15, 0.2) is 91.4 Å². The molecule has 35 heavy (non-hydrogen) atoms. The van der Waals surface area contributed by atoms with E-state index in [2.05, 4.69) is 61.1 Å². The van der Waals surface area contributed by atoms with E-state index in [0.717, 1.165) is 41.5 Å². The number of anilines is 1. The van der Waals surface area contributed by atoms with Crippen molar-refractivity contribution in [3.8, 4) is 11.6 Å². The first-order chi connectivity index (χ1) is 17.3. The summed E-state index contributed by atoms with van der Waals surface area (Å²) >= 11 is 5.89.